The number of carbonyl (C=O) groups is 8. The van der Waals surface area contributed by atoms with Crippen LogP contribution in [0.2, 0.25) is 19.6 Å². The number of halogens is 1. The third-order valence-corrected chi connectivity index (χ3v) is 7.44. The summed E-state index contributed by atoms with van der Waals surface area (Å²) in [7, 11) is 2.56. The molecule has 0 aliphatic carbocycles. The normalized spacial score (nSPS) is 9.36. The van der Waals surface area contributed by atoms with Gasteiger partial charge in [0.05, 0.1) is 52.6 Å². The van der Waals surface area contributed by atoms with Crippen LogP contribution in [0.15, 0.2) is 44.0 Å². The van der Waals surface area contributed by atoms with Gasteiger partial charge in [0.2, 0.25) is 6.08 Å². The van der Waals surface area contributed by atoms with Gasteiger partial charge in [0.25, 0.3) is 0 Å². The monoisotopic (exact) mass is 1080 g/mol. The van der Waals surface area contributed by atoms with Gasteiger partial charge in [-0.15, -0.1) is 4.79 Å². The molecule has 23 heteroatoms. The first-order valence-corrected chi connectivity index (χ1v) is 26.5. The minimum atomic E-state index is -1.14. The van der Waals surface area contributed by atoms with E-state index in [4.69, 9.17) is 62.0 Å². The molecule has 3 amide bonds. The summed E-state index contributed by atoms with van der Waals surface area (Å²) in [5, 5.41) is 9.45. The Hall–Kier alpha value is -5.54. The standard InChI is InChI=1S/C22H36N2O9.C19H27NO8.C3H9ClSi.CH4O.4CH4/c1-5-19(25)30-16-12-23(7-3)21(27)32-14-10-8-9-11-15-33-22(28)24(18-29-4)13-17-31-20(26)6-2;1-3-16(21)25-14-9-10-18(23)26-12-7-5-6-8-13-28-19(24)20-11-15-27-17(22)4-2;1-5(2,3)4;1-2;;;;/h5-6H,1-2,7-18H2,3-4H3;1,3-4H,2,5-15H2;1-3H3;2H,1H3;4*1H4/p+1/i;;;;1D;;;. The van der Waals surface area contributed by atoms with Crippen molar-refractivity contribution in [3.63, 3.8) is 0 Å². The van der Waals surface area contributed by atoms with Gasteiger partial charge in [-0.3, -0.25) is 9.69 Å². The second-order valence-corrected chi connectivity index (χ2v) is 21.8. The van der Waals surface area contributed by atoms with Crippen LogP contribution in [0.5, 0.6) is 0 Å². The summed E-state index contributed by atoms with van der Waals surface area (Å²) in [5.74, 6) is -2.61. The van der Waals surface area contributed by atoms with Crippen molar-refractivity contribution in [2.24, 2.45) is 0 Å². The number of ether oxygens (including phenoxy) is 9. The Morgan fingerprint density at radius 2 is 0.944 bits per heavy atom. The smallest absolute Gasteiger partial charge is 0.466 e. The van der Waals surface area contributed by atoms with Gasteiger partial charge in [-0.05, 0) is 64.7 Å². The number of nitrogens with one attached hydrogen (secondary N) is 1. The largest absolute Gasteiger partial charge is 0.484 e. The van der Waals surface area contributed by atoms with Crippen molar-refractivity contribution in [1.82, 2.24) is 15.1 Å². The van der Waals surface area contributed by atoms with E-state index in [-0.39, 0.29) is 107 Å². The molecule has 0 spiro atoms. The number of esters is 5. The highest BCUT2D eigenvalue weighted by Gasteiger charge is 2.16. The highest BCUT2D eigenvalue weighted by Crippen LogP contribution is 2.06. The molecule has 0 aromatic heterocycles. The number of methoxy groups -OCH3 is 1. The number of likely N-dealkylation sites (N-methyl/N-ethyl adjacent to an activating group) is 1. The van der Waals surface area contributed by atoms with E-state index >= 15 is 0 Å². The molecule has 0 aliphatic heterocycles. The molecular formula is C49H93ClN3O18Si+. The van der Waals surface area contributed by atoms with E-state index in [0.29, 0.717) is 45.3 Å². The summed E-state index contributed by atoms with van der Waals surface area (Å²) in [4.78, 5) is 93.2. The predicted molar refractivity (Wildman–Crippen MR) is 283 cm³/mol. The fourth-order valence-corrected chi connectivity index (χ4v) is 4.27. The minimum Gasteiger partial charge on any atom is -0.466 e. The molecule has 422 valence electrons. The average Bonchev–Trinajstić information content (AvgIpc) is 3.34. The molecule has 0 aliphatic rings. The van der Waals surface area contributed by atoms with Crippen LogP contribution < -0.4 is 5.32 Å². The molecule has 0 rings (SSSR count). The van der Waals surface area contributed by atoms with Crippen molar-refractivity contribution in [3.05, 3.63) is 50.6 Å². The Morgan fingerprint density at radius 3 is 1.35 bits per heavy atom. The number of hydrogen-bond acceptors (Lipinski definition) is 18. The van der Waals surface area contributed by atoms with Gasteiger partial charge in [-0.25, -0.2) is 28.8 Å². The second-order valence-electron chi connectivity index (χ2n) is 14.2. The number of amides is 3. The quantitative estimate of drug-likeness (QED) is 0.00893. The van der Waals surface area contributed by atoms with Gasteiger partial charge in [0.1, 0.15) is 40.5 Å². The summed E-state index contributed by atoms with van der Waals surface area (Å²) in [5.41, 5.74) is 0. The first-order valence-electron chi connectivity index (χ1n) is 23.0. The lowest BCUT2D eigenvalue weighted by Crippen LogP contribution is -2.36. The van der Waals surface area contributed by atoms with E-state index < -0.39 is 49.5 Å². The highest BCUT2D eigenvalue weighted by atomic mass is 35.6. The maximum absolute atomic E-state index is 12.1. The Balaban J connectivity index is -0.000000161. The van der Waals surface area contributed by atoms with E-state index in [0.717, 1.165) is 57.1 Å². The summed E-state index contributed by atoms with van der Waals surface area (Å²) < 4.78 is 50.2. The van der Waals surface area contributed by atoms with Crippen molar-refractivity contribution in [3.8, 4) is 0 Å². The van der Waals surface area contributed by atoms with Gasteiger partial charge >= 0.3 is 48.1 Å². The van der Waals surface area contributed by atoms with Crippen LogP contribution in [0.1, 0.15) is 102 Å². The number of alkyl carbamates (subject to hydrolysis) is 1. The number of hydrogen-bond donors (Lipinski definition) is 2. The first-order chi connectivity index (χ1) is 33.4. The lowest BCUT2D eigenvalue weighted by molar-refractivity contribution is -0.145. The molecule has 0 bridgehead atoms. The van der Waals surface area contributed by atoms with Crippen molar-refractivity contribution in [2.45, 2.75) is 120 Å². The predicted octanol–water partition coefficient (Wildman–Crippen LogP) is 8.58. The third kappa shape index (κ3) is 64.5. The summed E-state index contributed by atoms with van der Waals surface area (Å²) in [6, 6.07) is 0. The van der Waals surface area contributed by atoms with Crippen molar-refractivity contribution >= 4 is 66.6 Å². The number of unbranched alkanes of at least 4 members (excludes halogenated alkanes) is 6. The molecule has 0 aromatic rings. The maximum Gasteiger partial charge on any atom is 0.484 e. The SMILES string of the molecule is C.C.C.C=CC(=O)OCCN(CC)C(=O)OCCCCCCOC(=O)N(CCOC(=O)C=C)COC.CO.C[Si](C)(C)Cl.[2H]C.[CH+]=CC(=O)OCCCC(=O)OCCCCCCOC(=O)NCCOC(=O)C=C. The van der Waals surface area contributed by atoms with E-state index in [2.05, 4.69) is 49.4 Å². The lowest BCUT2D eigenvalue weighted by Gasteiger charge is -2.21. The summed E-state index contributed by atoms with van der Waals surface area (Å²) >= 11 is 5.67. The molecule has 0 fully saturated rings. The van der Waals surface area contributed by atoms with Crippen LogP contribution in [0.3, 0.4) is 0 Å². The molecule has 0 saturated heterocycles. The number of aliphatic hydroxyl groups is 1. The van der Waals surface area contributed by atoms with E-state index in [9.17, 15) is 38.4 Å². The number of aliphatic hydroxyl groups excluding tert-OH is 1. The Labute approximate surface area is 439 Å². The van der Waals surface area contributed by atoms with Crippen LogP contribution in [0.25, 0.3) is 0 Å². The van der Waals surface area contributed by atoms with Gasteiger partial charge in [-0.2, -0.15) is 11.1 Å². The third-order valence-electron chi connectivity index (χ3n) is 7.44. The molecule has 0 unspecified atom stereocenters. The Bertz CT molecular complexity index is 1410. The van der Waals surface area contributed by atoms with Crippen molar-refractivity contribution < 1.29 is 87.5 Å². The first kappa shape index (κ1) is 80.5. The van der Waals surface area contributed by atoms with Gasteiger partial charge in [-0.1, -0.05) is 69.1 Å². The molecule has 72 heavy (non-hydrogen) atoms. The fraction of sp³-hybridized carbons (Fsp3) is 0.673. The molecule has 21 nitrogen and oxygen atoms in total. The zero-order valence-electron chi connectivity index (χ0n) is 42.9. The van der Waals surface area contributed by atoms with Crippen molar-refractivity contribution in [2.75, 3.05) is 100.0 Å². The summed E-state index contributed by atoms with van der Waals surface area (Å²) in [6.07, 6.45) is 8.92. The summed E-state index contributed by atoms with van der Waals surface area (Å²) in [6.45, 7) is 25.3. The maximum atomic E-state index is 12.1. The molecule has 0 radical (unpaired) electrons. The van der Waals surface area contributed by atoms with Gasteiger partial charge in [0.15, 0.2) is 0 Å². The van der Waals surface area contributed by atoms with Crippen LogP contribution in [0.4, 0.5) is 14.4 Å². The van der Waals surface area contributed by atoms with Crippen LogP contribution in [-0.2, 0) is 66.6 Å². The molecule has 0 aromatic carbocycles. The number of nitrogens with zero attached hydrogens (tertiary/aromatic N) is 2. The molecule has 0 atom stereocenters. The Kier molecular flexibility index (Phi) is 66.9. The average molecular weight is 1080 g/mol. The van der Waals surface area contributed by atoms with Crippen LogP contribution >= 0.6 is 11.1 Å². The zero-order chi connectivity index (χ0) is 54.4. The van der Waals surface area contributed by atoms with E-state index in [1.165, 1.54) is 24.3 Å². The van der Waals surface area contributed by atoms with Gasteiger partial charge < -0.3 is 58.0 Å². The topological polar surface area (TPSA) is 258 Å². The minimum absolute atomic E-state index is 0. The fourth-order valence-electron chi connectivity index (χ4n) is 4.27. The van der Waals surface area contributed by atoms with E-state index in [1.54, 1.807) is 6.92 Å². The van der Waals surface area contributed by atoms with Gasteiger partial charge in [0, 0.05) is 46.8 Å². The van der Waals surface area contributed by atoms with Crippen LogP contribution in [0, 0.1) is 6.58 Å². The van der Waals surface area contributed by atoms with Crippen LogP contribution in [-0.4, -0.2) is 170 Å². The number of carbonyl (C=O) groups excluding carboxylic acids is 8. The zero-order valence-corrected chi connectivity index (χ0v) is 43.7. The van der Waals surface area contributed by atoms with E-state index in [1.807, 2.05) is 0 Å². The highest BCUT2D eigenvalue weighted by molar-refractivity contribution is 7.18. The lowest BCUT2D eigenvalue weighted by atomic mass is 10.2. The molecule has 0 saturated carbocycles. The molecule has 2 N–H and O–H groups in total. The number of rotatable bonds is 34. The molecular weight excluding hydrogens is 982 g/mol. The Morgan fingerprint density at radius 1 is 0.583 bits per heavy atom. The molecule has 0 heterocycles. The second kappa shape index (κ2) is 59.8. The van der Waals surface area contributed by atoms with Crippen molar-refractivity contribution in [1.29, 1.82) is 0 Å².